The molecule has 0 spiro atoms. The average Bonchev–Trinajstić information content (AvgIpc) is 2.95. The number of carbonyl (C=O) groups excluding carboxylic acids is 1. The van der Waals surface area contributed by atoms with Crippen LogP contribution in [0.2, 0.25) is 0 Å². The number of hydrogen-bond acceptors (Lipinski definition) is 6. The van der Waals surface area contributed by atoms with Gasteiger partial charge in [0.15, 0.2) is 0 Å². The molecule has 2 aromatic carbocycles. The minimum absolute atomic E-state index is 0.101. The van der Waals surface area contributed by atoms with E-state index < -0.39 is 6.10 Å². The van der Waals surface area contributed by atoms with Gasteiger partial charge in [-0.3, -0.25) is 9.69 Å². The summed E-state index contributed by atoms with van der Waals surface area (Å²) in [4.78, 5) is 17.3. The Morgan fingerprint density at radius 2 is 1.94 bits per heavy atom. The summed E-state index contributed by atoms with van der Waals surface area (Å²) < 4.78 is 12.3. The summed E-state index contributed by atoms with van der Waals surface area (Å²) in [5.74, 6) is 1.20. The maximum Gasteiger partial charge on any atom is 0.257 e. The second kappa shape index (κ2) is 10.3. The maximum absolute atomic E-state index is 13.3. The molecule has 2 aromatic rings. The Hall–Kier alpha value is -2.61. The predicted octanol–water partition coefficient (Wildman–Crippen LogP) is 2.46. The van der Waals surface area contributed by atoms with Crippen molar-refractivity contribution in [2.45, 2.75) is 51.0 Å². The van der Waals surface area contributed by atoms with Crippen LogP contribution in [0, 0.1) is 0 Å². The molecule has 0 aromatic heterocycles. The van der Waals surface area contributed by atoms with Crippen molar-refractivity contribution in [1.82, 2.24) is 15.1 Å². The Labute approximate surface area is 201 Å². The Morgan fingerprint density at radius 1 is 1.15 bits per heavy atom. The predicted molar refractivity (Wildman–Crippen MR) is 130 cm³/mol. The number of aliphatic hydroxyl groups excluding tert-OH is 1. The van der Waals surface area contributed by atoms with E-state index in [0.29, 0.717) is 24.4 Å². The van der Waals surface area contributed by atoms with E-state index in [-0.39, 0.29) is 24.7 Å². The highest BCUT2D eigenvalue weighted by Crippen LogP contribution is 2.31. The summed E-state index contributed by atoms with van der Waals surface area (Å²) in [6.45, 7) is 6.92. The van der Waals surface area contributed by atoms with E-state index in [4.69, 9.17) is 9.47 Å². The highest BCUT2D eigenvalue weighted by Gasteiger charge is 2.30. The van der Waals surface area contributed by atoms with Crippen LogP contribution in [0.4, 0.5) is 0 Å². The number of β-amino-alcohol motifs (C(OH)–C–C–N with tert-alkyl or cyclic N) is 1. The molecule has 5 rings (SSSR count). The quantitative estimate of drug-likeness (QED) is 0.683. The van der Waals surface area contributed by atoms with Gasteiger partial charge in [0.2, 0.25) is 0 Å². The van der Waals surface area contributed by atoms with Gasteiger partial charge >= 0.3 is 0 Å². The molecule has 3 heterocycles. The highest BCUT2D eigenvalue weighted by molar-refractivity contribution is 5.97. The second-order valence-corrected chi connectivity index (χ2v) is 9.77. The van der Waals surface area contributed by atoms with E-state index in [9.17, 15) is 9.90 Å². The number of rotatable bonds is 6. The van der Waals surface area contributed by atoms with Crippen molar-refractivity contribution in [3.8, 4) is 11.5 Å². The first-order valence-corrected chi connectivity index (χ1v) is 12.5. The molecule has 3 aliphatic heterocycles. The van der Waals surface area contributed by atoms with Crippen molar-refractivity contribution in [3.05, 3.63) is 59.2 Å². The zero-order chi connectivity index (χ0) is 23.5. The molecule has 7 heteroatoms. The summed E-state index contributed by atoms with van der Waals surface area (Å²) in [6, 6.07) is 14.0. The van der Waals surface area contributed by atoms with Crippen LogP contribution in [-0.4, -0.2) is 78.4 Å². The van der Waals surface area contributed by atoms with E-state index in [1.807, 2.05) is 19.1 Å². The molecule has 3 aliphatic rings. The first-order chi connectivity index (χ1) is 16.5. The zero-order valence-corrected chi connectivity index (χ0v) is 19.9. The molecule has 2 atom stereocenters. The molecule has 1 fully saturated rings. The number of ether oxygens (including phenoxy) is 2. The van der Waals surface area contributed by atoms with Gasteiger partial charge in [-0.05, 0) is 62.5 Å². The fraction of sp³-hybridized carbons (Fsp3) is 0.519. The molecule has 1 amide bonds. The molecule has 0 bridgehead atoms. The van der Waals surface area contributed by atoms with Gasteiger partial charge in [0, 0.05) is 32.2 Å². The lowest BCUT2D eigenvalue weighted by atomic mass is 10.00. The molecule has 2 N–H and O–H groups in total. The summed E-state index contributed by atoms with van der Waals surface area (Å²) >= 11 is 0. The number of benzene rings is 2. The molecule has 2 unspecified atom stereocenters. The smallest absolute Gasteiger partial charge is 0.257 e. The third-order valence-electron chi connectivity index (χ3n) is 6.98. The minimum Gasteiger partial charge on any atom is -0.490 e. The molecule has 182 valence electrons. The molecule has 0 saturated carbocycles. The van der Waals surface area contributed by atoms with Gasteiger partial charge in [-0.2, -0.15) is 0 Å². The average molecular weight is 466 g/mol. The topological polar surface area (TPSA) is 74.3 Å². The highest BCUT2D eigenvalue weighted by atomic mass is 16.5. The molecule has 7 nitrogen and oxygen atoms in total. The van der Waals surface area contributed by atoms with Crippen molar-refractivity contribution in [2.75, 3.05) is 39.3 Å². The SMILES string of the molecule is CC1CN(CC(O)CN2CCc3ccccc3C2)C(=O)c2ccc(OC3CCNCC3)cc2O1. The molecule has 1 saturated heterocycles. The Morgan fingerprint density at radius 3 is 2.76 bits per heavy atom. The largest absolute Gasteiger partial charge is 0.490 e. The molecular weight excluding hydrogens is 430 g/mol. The first-order valence-electron chi connectivity index (χ1n) is 12.5. The van der Waals surface area contributed by atoms with Gasteiger partial charge in [-0.1, -0.05) is 24.3 Å². The number of nitrogens with one attached hydrogen (secondary N) is 1. The fourth-order valence-corrected chi connectivity index (χ4v) is 5.25. The van der Waals surface area contributed by atoms with Crippen LogP contribution in [0.3, 0.4) is 0 Å². The first kappa shape index (κ1) is 23.1. The maximum atomic E-state index is 13.3. The number of amides is 1. The lowest BCUT2D eigenvalue weighted by molar-refractivity contribution is 0.0454. The number of aliphatic hydroxyl groups is 1. The number of fused-ring (bicyclic) bond motifs is 2. The Balaban J connectivity index is 1.22. The normalized spacial score (nSPS) is 22.4. The van der Waals surface area contributed by atoms with E-state index in [1.165, 1.54) is 11.1 Å². The number of nitrogens with zero attached hydrogens (tertiary/aromatic N) is 2. The summed E-state index contributed by atoms with van der Waals surface area (Å²) in [5, 5.41) is 14.2. The monoisotopic (exact) mass is 465 g/mol. The van der Waals surface area contributed by atoms with Crippen molar-refractivity contribution >= 4 is 5.91 Å². The van der Waals surface area contributed by atoms with Gasteiger partial charge in [0.1, 0.15) is 23.7 Å². The van der Waals surface area contributed by atoms with Gasteiger partial charge in [-0.15, -0.1) is 0 Å². The van der Waals surface area contributed by atoms with Crippen LogP contribution in [0.5, 0.6) is 11.5 Å². The number of hydrogen-bond donors (Lipinski definition) is 2. The number of piperidine rings is 1. The van der Waals surface area contributed by atoms with Crippen molar-refractivity contribution < 1.29 is 19.4 Å². The van der Waals surface area contributed by atoms with Crippen LogP contribution in [0.25, 0.3) is 0 Å². The van der Waals surface area contributed by atoms with Gasteiger partial charge in [0.25, 0.3) is 5.91 Å². The van der Waals surface area contributed by atoms with E-state index in [1.54, 1.807) is 11.0 Å². The van der Waals surface area contributed by atoms with E-state index in [2.05, 4.69) is 34.5 Å². The Kier molecular flexibility index (Phi) is 7.04. The van der Waals surface area contributed by atoms with Crippen LogP contribution in [0.15, 0.2) is 42.5 Å². The third-order valence-corrected chi connectivity index (χ3v) is 6.98. The van der Waals surface area contributed by atoms with Crippen LogP contribution < -0.4 is 14.8 Å². The molecular formula is C27H35N3O4. The lowest BCUT2D eigenvalue weighted by Crippen LogP contribution is -2.45. The van der Waals surface area contributed by atoms with E-state index in [0.717, 1.165) is 51.2 Å². The number of carbonyl (C=O) groups is 1. The lowest BCUT2D eigenvalue weighted by Gasteiger charge is -2.32. The van der Waals surface area contributed by atoms with Crippen LogP contribution in [-0.2, 0) is 13.0 Å². The van der Waals surface area contributed by atoms with Gasteiger partial charge in [-0.25, -0.2) is 0 Å². The van der Waals surface area contributed by atoms with Crippen LogP contribution >= 0.6 is 0 Å². The second-order valence-electron chi connectivity index (χ2n) is 9.77. The molecule has 34 heavy (non-hydrogen) atoms. The minimum atomic E-state index is -0.620. The van der Waals surface area contributed by atoms with Crippen molar-refractivity contribution in [3.63, 3.8) is 0 Å². The summed E-state index contributed by atoms with van der Waals surface area (Å²) in [7, 11) is 0. The Bertz CT molecular complexity index is 1010. The zero-order valence-electron chi connectivity index (χ0n) is 19.9. The third kappa shape index (κ3) is 5.37. The molecule has 0 aliphatic carbocycles. The summed E-state index contributed by atoms with van der Waals surface area (Å²) in [5.41, 5.74) is 3.24. The van der Waals surface area contributed by atoms with Gasteiger partial charge in [0.05, 0.1) is 18.2 Å². The van der Waals surface area contributed by atoms with Crippen molar-refractivity contribution in [1.29, 1.82) is 0 Å². The van der Waals surface area contributed by atoms with Crippen molar-refractivity contribution in [2.24, 2.45) is 0 Å². The molecule has 0 radical (unpaired) electrons. The van der Waals surface area contributed by atoms with Crippen LogP contribution in [0.1, 0.15) is 41.3 Å². The fourth-order valence-electron chi connectivity index (χ4n) is 5.25. The standard InChI is InChI=1S/C27H35N3O4/c1-19-15-30(18-22(31)17-29-13-10-20-4-2-3-5-21(20)16-29)27(32)25-7-6-24(14-26(25)33-19)34-23-8-11-28-12-9-23/h2-7,14,19,22-23,28,31H,8-13,15-18H2,1H3. The van der Waals surface area contributed by atoms with Gasteiger partial charge < -0.3 is 24.8 Å². The van der Waals surface area contributed by atoms with E-state index >= 15 is 0 Å². The summed E-state index contributed by atoms with van der Waals surface area (Å²) in [6.07, 6.45) is 2.33.